The first-order chi connectivity index (χ1) is 14.2. The van der Waals surface area contributed by atoms with E-state index in [1.807, 2.05) is 0 Å². The van der Waals surface area contributed by atoms with Crippen LogP contribution in [0.4, 0.5) is 0 Å². The predicted molar refractivity (Wildman–Crippen MR) is 109 cm³/mol. The molecule has 0 aliphatic carbocycles. The molecule has 30 heavy (non-hydrogen) atoms. The van der Waals surface area contributed by atoms with Gasteiger partial charge in [-0.05, 0) is 37.8 Å². The lowest BCUT2D eigenvalue weighted by atomic mass is 9.96. The summed E-state index contributed by atoms with van der Waals surface area (Å²) in [6.07, 6.45) is 3.10. The maximum atomic E-state index is 12.8. The number of benzene rings is 1. The molecule has 3 aliphatic heterocycles. The zero-order valence-electron chi connectivity index (χ0n) is 16.0. The molecule has 1 aromatic rings. The standard InChI is InChI=1S/C19H21Cl2N3O5S/c20-14-2-1-3-15(21)19(14)30(28,29)22-10-18(27)23-11-4-5-12(23)9-13(8-11)24-16(25)6-7-17(24)26/h1-3,11-13,22H,4-10H2. The second-order valence-corrected chi connectivity index (χ2v) is 10.4. The summed E-state index contributed by atoms with van der Waals surface area (Å²) < 4.78 is 27.5. The van der Waals surface area contributed by atoms with Crippen molar-refractivity contribution in [1.29, 1.82) is 0 Å². The topological polar surface area (TPSA) is 104 Å². The number of hydrogen-bond donors (Lipinski definition) is 1. The lowest BCUT2D eigenvalue weighted by molar-refractivity contribution is -0.144. The van der Waals surface area contributed by atoms with Crippen LogP contribution in [0.3, 0.4) is 0 Å². The van der Waals surface area contributed by atoms with E-state index in [0.717, 1.165) is 12.8 Å². The second kappa shape index (κ2) is 8.11. The number of amides is 3. The maximum Gasteiger partial charge on any atom is 0.244 e. The SMILES string of the molecule is O=C1CCC(=O)N1C1CC2CCC(C1)N2C(=O)CNS(=O)(=O)c1c(Cl)cccc1Cl. The fourth-order valence-electron chi connectivity index (χ4n) is 4.83. The van der Waals surface area contributed by atoms with E-state index in [-0.39, 0.29) is 63.6 Å². The number of imide groups is 1. The highest BCUT2D eigenvalue weighted by molar-refractivity contribution is 7.89. The summed E-state index contributed by atoms with van der Waals surface area (Å²) >= 11 is 12.0. The zero-order valence-corrected chi connectivity index (χ0v) is 18.3. The summed E-state index contributed by atoms with van der Waals surface area (Å²) in [4.78, 5) is 39.8. The number of likely N-dealkylation sites (tertiary alicyclic amines) is 1. The first-order valence-corrected chi connectivity index (χ1v) is 12.0. The molecule has 3 heterocycles. The fraction of sp³-hybridized carbons (Fsp3) is 0.526. The summed E-state index contributed by atoms with van der Waals surface area (Å²) in [6.45, 7) is -0.414. The van der Waals surface area contributed by atoms with Gasteiger partial charge in [0, 0.05) is 31.0 Å². The Labute approximate surface area is 184 Å². The number of piperidine rings is 1. The Bertz CT molecular complexity index is 965. The van der Waals surface area contributed by atoms with Gasteiger partial charge in [-0.1, -0.05) is 29.3 Å². The van der Waals surface area contributed by atoms with E-state index >= 15 is 0 Å². The van der Waals surface area contributed by atoms with Gasteiger partial charge in [0.2, 0.25) is 27.7 Å². The summed E-state index contributed by atoms with van der Waals surface area (Å²) in [5, 5.41) is -0.0495. The van der Waals surface area contributed by atoms with Crippen molar-refractivity contribution in [2.24, 2.45) is 0 Å². The van der Waals surface area contributed by atoms with E-state index in [1.54, 1.807) is 4.90 Å². The fourth-order valence-corrected chi connectivity index (χ4v) is 6.94. The molecule has 8 nitrogen and oxygen atoms in total. The Morgan fingerprint density at radius 1 is 1.00 bits per heavy atom. The van der Waals surface area contributed by atoms with Gasteiger partial charge in [0.25, 0.3) is 0 Å². The van der Waals surface area contributed by atoms with Crippen LogP contribution in [0.2, 0.25) is 10.0 Å². The molecule has 162 valence electrons. The third-order valence-corrected chi connectivity index (χ3v) is 8.41. The third kappa shape index (κ3) is 3.84. The van der Waals surface area contributed by atoms with Crippen molar-refractivity contribution in [2.75, 3.05) is 6.54 Å². The van der Waals surface area contributed by atoms with Gasteiger partial charge < -0.3 is 4.90 Å². The van der Waals surface area contributed by atoms with E-state index in [2.05, 4.69) is 4.72 Å². The summed E-state index contributed by atoms with van der Waals surface area (Å²) in [6, 6.07) is 3.94. The van der Waals surface area contributed by atoms with Crippen LogP contribution in [-0.4, -0.2) is 60.6 Å². The van der Waals surface area contributed by atoms with Crippen LogP contribution in [-0.2, 0) is 24.4 Å². The van der Waals surface area contributed by atoms with Crippen molar-refractivity contribution in [1.82, 2.24) is 14.5 Å². The van der Waals surface area contributed by atoms with Crippen molar-refractivity contribution in [3.8, 4) is 0 Å². The van der Waals surface area contributed by atoms with Gasteiger partial charge in [-0.15, -0.1) is 0 Å². The van der Waals surface area contributed by atoms with Gasteiger partial charge >= 0.3 is 0 Å². The van der Waals surface area contributed by atoms with E-state index < -0.39 is 16.6 Å². The molecular formula is C19H21Cl2N3O5S. The van der Waals surface area contributed by atoms with Crippen LogP contribution in [0.25, 0.3) is 0 Å². The number of hydrogen-bond acceptors (Lipinski definition) is 5. The highest BCUT2D eigenvalue weighted by Gasteiger charge is 2.47. The maximum absolute atomic E-state index is 12.8. The Morgan fingerprint density at radius 2 is 1.53 bits per heavy atom. The number of nitrogens with zero attached hydrogens (tertiary/aromatic N) is 2. The van der Waals surface area contributed by atoms with Crippen LogP contribution >= 0.6 is 23.2 Å². The van der Waals surface area contributed by atoms with Gasteiger partial charge in [-0.3, -0.25) is 19.3 Å². The molecule has 2 bridgehead atoms. The smallest absolute Gasteiger partial charge is 0.244 e. The molecule has 3 aliphatic rings. The Balaban J connectivity index is 1.43. The number of rotatable bonds is 5. The monoisotopic (exact) mass is 473 g/mol. The zero-order chi connectivity index (χ0) is 21.6. The first-order valence-electron chi connectivity index (χ1n) is 9.79. The molecule has 1 aromatic carbocycles. The van der Waals surface area contributed by atoms with Crippen LogP contribution in [0.5, 0.6) is 0 Å². The molecule has 1 N–H and O–H groups in total. The van der Waals surface area contributed by atoms with Crippen molar-refractivity contribution in [2.45, 2.75) is 61.5 Å². The Morgan fingerprint density at radius 3 is 2.07 bits per heavy atom. The van der Waals surface area contributed by atoms with E-state index in [1.165, 1.54) is 23.1 Å². The molecule has 0 saturated carbocycles. The number of halogens is 2. The molecular weight excluding hydrogens is 453 g/mol. The van der Waals surface area contributed by atoms with Crippen LogP contribution < -0.4 is 4.72 Å². The molecule has 3 saturated heterocycles. The van der Waals surface area contributed by atoms with Crippen LogP contribution in [0.15, 0.2) is 23.1 Å². The normalized spacial score (nSPS) is 26.5. The van der Waals surface area contributed by atoms with Crippen molar-refractivity contribution in [3.63, 3.8) is 0 Å². The minimum absolute atomic E-state index is 0.0247. The van der Waals surface area contributed by atoms with E-state index in [9.17, 15) is 22.8 Å². The molecule has 2 unspecified atom stereocenters. The quantitative estimate of drug-likeness (QED) is 0.657. The average Bonchev–Trinajstić information content (AvgIpc) is 3.15. The lowest BCUT2D eigenvalue weighted by Gasteiger charge is -2.41. The Hall–Kier alpha value is -1.68. The molecule has 4 rings (SSSR count). The van der Waals surface area contributed by atoms with Gasteiger partial charge in [0.1, 0.15) is 4.90 Å². The number of sulfonamides is 1. The van der Waals surface area contributed by atoms with E-state index in [4.69, 9.17) is 23.2 Å². The number of nitrogens with one attached hydrogen (secondary N) is 1. The summed E-state index contributed by atoms with van der Waals surface area (Å²) in [7, 11) is -4.07. The Kier molecular flexibility index (Phi) is 5.82. The van der Waals surface area contributed by atoms with E-state index in [0.29, 0.717) is 12.8 Å². The van der Waals surface area contributed by atoms with Crippen molar-refractivity contribution < 1.29 is 22.8 Å². The molecule has 3 amide bonds. The lowest BCUT2D eigenvalue weighted by Crippen LogP contribution is -2.55. The molecule has 0 aromatic heterocycles. The minimum Gasteiger partial charge on any atom is -0.335 e. The summed E-state index contributed by atoms with van der Waals surface area (Å²) in [5.74, 6) is -0.631. The predicted octanol–water partition coefficient (Wildman–Crippen LogP) is 1.94. The highest BCUT2D eigenvalue weighted by Crippen LogP contribution is 2.39. The average molecular weight is 474 g/mol. The molecule has 2 atom stereocenters. The molecule has 3 fully saturated rings. The second-order valence-electron chi connectivity index (χ2n) is 7.84. The van der Waals surface area contributed by atoms with Gasteiger partial charge in [-0.25, -0.2) is 13.1 Å². The first kappa shape index (κ1) is 21.5. The number of carbonyl (C=O) groups is 3. The third-order valence-electron chi connectivity index (χ3n) is 6.05. The molecule has 0 radical (unpaired) electrons. The van der Waals surface area contributed by atoms with Crippen molar-refractivity contribution in [3.05, 3.63) is 28.2 Å². The number of carbonyl (C=O) groups excluding carboxylic acids is 3. The minimum atomic E-state index is -4.07. The molecule has 0 spiro atoms. The largest absolute Gasteiger partial charge is 0.335 e. The van der Waals surface area contributed by atoms with Gasteiger partial charge in [0.15, 0.2) is 0 Å². The van der Waals surface area contributed by atoms with Gasteiger partial charge in [-0.2, -0.15) is 0 Å². The number of fused-ring (bicyclic) bond motifs is 2. The molecule has 11 heteroatoms. The van der Waals surface area contributed by atoms with Crippen molar-refractivity contribution >= 4 is 50.9 Å². The van der Waals surface area contributed by atoms with Gasteiger partial charge in [0.05, 0.1) is 16.6 Å². The van der Waals surface area contributed by atoms with Crippen LogP contribution in [0, 0.1) is 0 Å². The highest BCUT2D eigenvalue weighted by atomic mass is 35.5. The summed E-state index contributed by atoms with van der Waals surface area (Å²) in [5.41, 5.74) is 0. The van der Waals surface area contributed by atoms with Crippen LogP contribution in [0.1, 0.15) is 38.5 Å².